The summed E-state index contributed by atoms with van der Waals surface area (Å²) in [5.74, 6) is 0.329. The molecule has 0 fully saturated rings. The van der Waals surface area contributed by atoms with Crippen molar-refractivity contribution in [3.05, 3.63) is 185 Å². The Morgan fingerprint density at radius 3 is 1.38 bits per heavy atom. The van der Waals surface area contributed by atoms with E-state index in [4.69, 9.17) is 0 Å². The van der Waals surface area contributed by atoms with E-state index in [-0.39, 0.29) is 6.04 Å². The first-order valence-corrected chi connectivity index (χ1v) is 12.7. The van der Waals surface area contributed by atoms with E-state index in [9.17, 15) is 5.11 Å². The van der Waals surface area contributed by atoms with Gasteiger partial charge in [-0.15, -0.1) is 0 Å². The van der Waals surface area contributed by atoms with Gasteiger partial charge in [-0.1, -0.05) is 152 Å². The lowest BCUT2D eigenvalue weighted by atomic mass is 9.76. The highest BCUT2D eigenvalue weighted by atomic mass is 16.3. The Hall–Kier alpha value is -4.40. The van der Waals surface area contributed by atoms with E-state index in [1.807, 2.05) is 60.7 Å². The summed E-state index contributed by atoms with van der Waals surface area (Å²) in [5, 5.41) is 15.2. The van der Waals surface area contributed by atoms with Gasteiger partial charge in [-0.2, -0.15) is 0 Å². The minimum atomic E-state index is -0.642. The molecule has 0 aliphatic rings. The van der Waals surface area contributed by atoms with Crippen LogP contribution in [0.25, 0.3) is 6.08 Å². The van der Waals surface area contributed by atoms with Crippen LogP contribution in [0.2, 0.25) is 0 Å². The maximum atomic E-state index is 11.2. The van der Waals surface area contributed by atoms with Gasteiger partial charge in [-0.05, 0) is 33.9 Å². The molecule has 1 unspecified atom stereocenters. The number of hydrogen-bond acceptors (Lipinski definition) is 2. The average Bonchev–Trinajstić information content (AvgIpc) is 2.98. The number of rotatable bonds is 9. The lowest BCUT2D eigenvalue weighted by Crippen LogP contribution is -2.46. The number of nitrogens with one attached hydrogen (secondary N) is 1. The molecule has 182 valence electrons. The monoisotopic (exact) mass is 481 g/mol. The van der Waals surface area contributed by atoms with Gasteiger partial charge in [0, 0.05) is 12.5 Å². The Bertz CT molecular complexity index is 1300. The summed E-state index contributed by atoms with van der Waals surface area (Å²) in [6, 6.07) is 51.9. The minimum Gasteiger partial charge on any atom is -0.512 e. The van der Waals surface area contributed by atoms with Crippen LogP contribution >= 0.6 is 0 Å². The molecule has 0 bridgehead atoms. The normalized spacial score (nSPS) is 12.7. The Balaban J connectivity index is 1.67. The molecule has 5 aromatic carbocycles. The van der Waals surface area contributed by atoms with E-state index in [0.717, 1.165) is 27.8 Å². The third kappa shape index (κ3) is 5.55. The van der Waals surface area contributed by atoms with Gasteiger partial charge in [-0.25, -0.2) is 0 Å². The summed E-state index contributed by atoms with van der Waals surface area (Å²) < 4.78 is 0. The Labute approximate surface area is 219 Å². The van der Waals surface area contributed by atoms with Crippen LogP contribution in [0, 0.1) is 0 Å². The van der Waals surface area contributed by atoms with Gasteiger partial charge in [0.2, 0.25) is 0 Å². The first kappa shape index (κ1) is 24.3. The predicted octanol–water partition coefficient (Wildman–Crippen LogP) is 8.30. The van der Waals surface area contributed by atoms with E-state index in [0.29, 0.717) is 12.2 Å². The molecule has 0 saturated carbocycles. The summed E-state index contributed by atoms with van der Waals surface area (Å²) in [6.07, 6.45) is 2.29. The molecule has 37 heavy (non-hydrogen) atoms. The number of hydrogen-bond donors (Lipinski definition) is 2. The standard InChI is InChI=1S/C35H31NO/c37-33(26-28-16-6-1-7-17-28)27-34(29-18-8-2-9-19-29)36-35(30-20-10-3-11-21-30,31-22-12-4-13-23-31)32-24-14-5-15-25-32/h1-26,34,36-37H,27H2/b33-26+. The fourth-order valence-corrected chi connectivity index (χ4v) is 5.02. The molecule has 0 saturated heterocycles. The molecule has 0 radical (unpaired) electrons. The van der Waals surface area contributed by atoms with Crippen molar-refractivity contribution in [2.24, 2.45) is 0 Å². The van der Waals surface area contributed by atoms with Crippen molar-refractivity contribution in [3.63, 3.8) is 0 Å². The van der Waals surface area contributed by atoms with Gasteiger partial charge in [-0.3, -0.25) is 5.32 Å². The molecule has 5 rings (SSSR count). The van der Waals surface area contributed by atoms with Gasteiger partial charge < -0.3 is 5.11 Å². The molecule has 0 amide bonds. The smallest absolute Gasteiger partial charge is 0.0952 e. The highest BCUT2D eigenvalue weighted by Gasteiger charge is 2.38. The second-order valence-corrected chi connectivity index (χ2v) is 9.21. The van der Waals surface area contributed by atoms with E-state index < -0.39 is 5.54 Å². The van der Waals surface area contributed by atoms with E-state index in [1.54, 1.807) is 0 Å². The molecule has 2 nitrogen and oxygen atoms in total. The zero-order valence-corrected chi connectivity index (χ0v) is 20.7. The maximum absolute atomic E-state index is 11.2. The van der Waals surface area contributed by atoms with Crippen molar-refractivity contribution in [1.82, 2.24) is 5.32 Å². The zero-order valence-electron chi connectivity index (χ0n) is 20.7. The summed E-state index contributed by atoms with van der Waals surface area (Å²) in [5.41, 5.74) is 4.87. The fraction of sp³-hybridized carbons (Fsp3) is 0.0857. The molecular formula is C35H31NO. The molecule has 0 aliphatic heterocycles. The fourth-order valence-electron chi connectivity index (χ4n) is 5.02. The van der Waals surface area contributed by atoms with Crippen LogP contribution in [-0.2, 0) is 5.54 Å². The quantitative estimate of drug-likeness (QED) is 0.164. The largest absolute Gasteiger partial charge is 0.512 e. The van der Waals surface area contributed by atoms with Crippen LogP contribution in [0.15, 0.2) is 157 Å². The Morgan fingerprint density at radius 2 is 0.946 bits per heavy atom. The minimum absolute atomic E-state index is 0.165. The van der Waals surface area contributed by atoms with E-state index in [1.165, 1.54) is 0 Å². The molecule has 2 N–H and O–H groups in total. The SMILES string of the molecule is O/C(=C/c1ccccc1)CC(NC(c1ccccc1)(c1ccccc1)c1ccccc1)c1ccccc1. The van der Waals surface area contributed by atoms with Crippen LogP contribution < -0.4 is 5.32 Å². The van der Waals surface area contributed by atoms with Crippen LogP contribution in [0.1, 0.15) is 40.3 Å². The van der Waals surface area contributed by atoms with E-state index >= 15 is 0 Å². The maximum Gasteiger partial charge on any atom is 0.0952 e. The predicted molar refractivity (Wildman–Crippen MR) is 153 cm³/mol. The van der Waals surface area contributed by atoms with Crippen LogP contribution in [0.4, 0.5) is 0 Å². The summed E-state index contributed by atoms with van der Waals surface area (Å²) in [4.78, 5) is 0. The van der Waals surface area contributed by atoms with Crippen molar-refractivity contribution >= 4 is 6.08 Å². The lowest BCUT2D eigenvalue weighted by Gasteiger charge is -2.40. The second-order valence-electron chi connectivity index (χ2n) is 9.21. The first-order valence-electron chi connectivity index (χ1n) is 12.7. The lowest BCUT2D eigenvalue weighted by molar-refractivity contribution is 0.331. The molecule has 0 spiro atoms. The molecule has 0 aromatic heterocycles. The van der Waals surface area contributed by atoms with Crippen LogP contribution in [0.3, 0.4) is 0 Å². The first-order chi connectivity index (χ1) is 18.3. The zero-order chi connectivity index (χ0) is 25.3. The van der Waals surface area contributed by atoms with Crippen LogP contribution in [0.5, 0.6) is 0 Å². The molecular weight excluding hydrogens is 450 g/mol. The molecule has 0 aliphatic carbocycles. The van der Waals surface area contributed by atoms with E-state index in [2.05, 4.69) is 102 Å². The van der Waals surface area contributed by atoms with Crippen molar-refractivity contribution in [1.29, 1.82) is 0 Å². The number of benzene rings is 5. The van der Waals surface area contributed by atoms with Gasteiger partial charge in [0.15, 0.2) is 0 Å². The van der Waals surface area contributed by atoms with Crippen molar-refractivity contribution in [3.8, 4) is 0 Å². The Morgan fingerprint density at radius 1 is 0.568 bits per heavy atom. The Kier molecular flexibility index (Phi) is 7.59. The van der Waals surface area contributed by atoms with Gasteiger partial charge in [0.25, 0.3) is 0 Å². The second kappa shape index (κ2) is 11.6. The highest BCUT2D eigenvalue weighted by Crippen LogP contribution is 2.40. The highest BCUT2D eigenvalue weighted by molar-refractivity contribution is 5.52. The van der Waals surface area contributed by atoms with Crippen molar-refractivity contribution in [2.45, 2.75) is 18.0 Å². The third-order valence-electron chi connectivity index (χ3n) is 6.76. The molecule has 5 aromatic rings. The van der Waals surface area contributed by atoms with Gasteiger partial charge >= 0.3 is 0 Å². The van der Waals surface area contributed by atoms with Crippen molar-refractivity contribution < 1.29 is 5.11 Å². The number of aliphatic hydroxyl groups excluding tert-OH is 1. The third-order valence-corrected chi connectivity index (χ3v) is 6.76. The molecule has 0 heterocycles. The average molecular weight is 482 g/mol. The summed E-state index contributed by atoms with van der Waals surface area (Å²) in [7, 11) is 0. The van der Waals surface area contributed by atoms with Gasteiger partial charge in [0.05, 0.1) is 11.3 Å². The summed E-state index contributed by atoms with van der Waals surface area (Å²) >= 11 is 0. The topological polar surface area (TPSA) is 32.3 Å². The van der Waals surface area contributed by atoms with Crippen molar-refractivity contribution in [2.75, 3.05) is 0 Å². The number of aliphatic hydroxyl groups is 1. The molecule has 2 heteroatoms. The summed E-state index contributed by atoms with van der Waals surface area (Å²) in [6.45, 7) is 0. The molecule has 1 atom stereocenters. The van der Waals surface area contributed by atoms with Gasteiger partial charge in [0.1, 0.15) is 0 Å². The van der Waals surface area contributed by atoms with Crippen LogP contribution in [-0.4, -0.2) is 5.11 Å².